The Kier molecular flexibility index (Phi) is 3.18. The molecule has 5 rings (SSSR count). The van der Waals surface area contributed by atoms with E-state index in [1.165, 1.54) is 0 Å². The van der Waals surface area contributed by atoms with Crippen molar-refractivity contribution in [3.05, 3.63) is 16.7 Å². The largest absolute Gasteiger partial charge is 0.504 e. The van der Waals surface area contributed by atoms with Crippen LogP contribution in [0.4, 0.5) is 0 Å². The van der Waals surface area contributed by atoms with Gasteiger partial charge in [0.05, 0.1) is 5.41 Å². The van der Waals surface area contributed by atoms with Crippen LogP contribution in [-0.2, 0) is 23.1 Å². The van der Waals surface area contributed by atoms with Crippen LogP contribution in [0.3, 0.4) is 0 Å². The number of fused-ring (bicyclic) bond motifs is 1. The lowest BCUT2D eigenvalue weighted by Crippen LogP contribution is -2.63. The Labute approximate surface area is 147 Å². The Hall–Kier alpha value is -1.75. The van der Waals surface area contributed by atoms with Crippen molar-refractivity contribution < 1.29 is 20.1 Å². The third-order valence-electron chi connectivity index (χ3n) is 7.14. The highest BCUT2D eigenvalue weighted by Gasteiger charge is 2.58. The highest BCUT2D eigenvalue weighted by Crippen LogP contribution is 2.59. The summed E-state index contributed by atoms with van der Waals surface area (Å²) in [4.78, 5) is 13.2. The lowest BCUT2D eigenvalue weighted by molar-refractivity contribution is -0.132. The summed E-state index contributed by atoms with van der Waals surface area (Å²) < 4.78 is 0. The summed E-state index contributed by atoms with van der Waals surface area (Å²) in [6.45, 7) is 0.789. The second-order valence-corrected chi connectivity index (χ2v) is 8.43. The van der Waals surface area contributed by atoms with Gasteiger partial charge in [0.2, 0.25) is 5.75 Å². The van der Waals surface area contributed by atoms with Crippen molar-refractivity contribution in [1.29, 1.82) is 0 Å². The predicted molar refractivity (Wildman–Crippen MR) is 92.0 cm³/mol. The average Bonchev–Trinajstić information content (AvgIpc) is 3.41. The van der Waals surface area contributed by atoms with E-state index in [4.69, 9.17) is 0 Å². The van der Waals surface area contributed by atoms with Crippen LogP contribution >= 0.6 is 0 Å². The summed E-state index contributed by atoms with van der Waals surface area (Å²) in [5.74, 6) is 0.176. The first-order valence-electron chi connectivity index (χ1n) is 9.59. The molecule has 0 radical (unpaired) electrons. The Balaban J connectivity index is 1.81. The predicted octanol–water partition coefficient (Wildman–Crippen LogP) is 2.28. The second kappa shape index (κ2) is 5.13. The third-order valence-corrected chi connectivity index (χ3v) is 7.14. The van der Waals surface area contributed by atoms with Gasteiger partial charge < -0.3 is 20.6 Å². The number of rotatable bonds is 2. The molecule has 4 N–H and O–H groups in total. The highest BCUT2D eigenvalue weighted by molar-refractivity contribution is 5.94. The van der Waals surface area contributed by atoms with E-state index in [9.17, 15) is 20.1 Å². The van der Waals surface area contributed by atoms with Gasteiger partial charge in [-0.3, -0.25) is 4.79 Å². The summed E-state index contributed by atoms with van der Waals surface area (Å²) in [6, 6.07) is 0.161. The van der Waals surface area contributed by atoms with E-state index < -0.39 is 11.2 Å². The molecule has 0 unspecified atom stereocenters. The topological polar surface area (TPSA) is 89.8 Å². The molecule has 3 fully saturated rings. The van der Waals surface area contributed by atoms with E-state index >= 15 is 0 Å². The number of nitrogens with one attached hydrogen (secondary N) is 1. The number of Topliss-reactive ketones (excluding diaryl/α,β-unsaturated/α-hetero) is 1. The average molecular weight is 343 g/mol. The van der Waals surface area contributed by atoms with Crippen LogP contribution in [0.1, 0.15) is 55.2 Å². The molecule has 0 spiro atoms. The van der Waals surface area contributed by atoms with E-state index in [1.807, 2.05) is 0 Å². The second-order valence-electron chi connectivity index (χ2n) is 8.43. The van der Waals surface area contributed by atoms with Crippen molar-refractivity contribution in [1.82, 2.24) is 5.32 Å². The van der Waals surface area contributed by atoms with Gasteiger partial charge in [0.1, 0.15) is 5.78 Å². The van der Waals surface area contributed by atoms with E-state index in [-0.39, 0.29) is 29.2 Å². The van der Waals surface area contributed by atoms with Gasteiger partial charge in [0.25, 0.3) is 0 Å². The molecule has 1 aromatic rings. The molecule has 1 aromatic carbocycles. The Morgan fingerprint density at radius 2 is 1.88 bits per heavy atom. The van der Waals surface area contributed by atoms with Gasteiger partial charge in [-0.15, -0.1) is 0 Å². The molecule has 3 atom stereocenters. The van der Waals surface area contributed by atoms with Crippen molar-refractivity contribution in [2.75, 3.05) is 6.54 Å². The SMILES string of the molecule is O=C1CCC[C@H]2[C@H]3Cc4c(O)c(O)c(O)c(CC5CC5)c4[C@@]12CCN3. The molecule has 2 bridgehead atoms. The standard InChI is InChI=1S/C20H25NO4/c22-15-3-1-2-13-14-9-12-16(20(13,15)6-7-21-14)11(8-10-4-5-10)17(23)19(25)18(12)24/h10,13-14,21,23-25H,1-9H2/t13-,14+,20+/m0/s1. The van der Waals surface area contributed by atoms with Gasteiger partial charge in [0.15, 0.2) is 11.5 Å². The molecule has 0 aromatic heterocycles. The van der Waals surface area contributed by atoms with Crippen molar-refractivity contribution >= 4 is 5.78 Å². The van der Waals surface area contributed by atoms with Gasteiger partial charge in [-0.25, -0.2) is 0 Å². The summed E-state index contributed by atoms with van der Waals surface area (Å²) >= 11 is 0. The number of aromatic hydroxyl groups is 3. The van der Waals surface area contributed by atoms with Crippen LogP contribution in [0, 0.1) is 11.8 Å². The number of benzene rings is 1. The molecule has 0 amide bonds. The number of piperidine rings is 1. The molecule has 5 nitrogen and oxygen atoms in total. The van der Waals surface area contributed by atoms with E-state index in [1.54, 1.807) is 0 Å². The van der Waals surface area contributed by atoms with E-state index in [0.29, 0.717) is 30.7 Å². The van der Waals surface area contributed by atoms with Crippen LogP contribution < -0.4 is 5.32 Å². The monoisotopic (exact) mass is 343 g/mol. The molecule has 134 valence electrons. The maximum atomic E-state index is 13.2. The van der Waals surface area contributed by atoms with Crippen molar-refractivity contribution in [2.24, 2.45) is 11.8 Å². The highest BCUT2D eigenvalue weighted by atomic mass is 16.3. The number of carbonyl (C=O) groups is 1. The number of ketones is 1. The lowest BCUT2D eigenvalue weighted by atomic mass is 9.51. The van der Waals surface area contributed by atoms with Gasteiger partial charge >= 0.3 is 0 Å². The molecular formula is C20H25NO4. The third kappa shape index (κ3) is 1.96. The van der Waals surface area contributed by atoms with Gasteiger partial charge in [-0.1, -0.05) is 0 Å². The van der Waals surface area contributed by atoms with Gasteiger partial charge in [0, 0.05) is 23.6 Å². The zero-order chi connectivity index (χ0) is 17.3. The fourth-order valence-corrected chi connectivity index (χ4v) is 5.87. The molecule has 5 heteroatoms. The number of hydrogen-bond donors (Lipinski definition) is 4. The number of hydrogen-bond acceptors (Lipinski definition) is 5. The normalized spacial score (nSPS) is 33.7. The molecule has 2 saturated carbocycles. The Morgan fingerprint density at radius 1 is 1.08 bits per heavy atom. The van der Waals surface area contributed by atoms with Crippen molar-refractivity contribution in [2.45, 2.75) is 62.8 Å². The zero-order valence-electron chi connectivity index (χ0n) is 14.3. The van der Waals surface area contributed by atoms with E-state index in [0.717, 1.165) is 49.8 Å². The maximum Gasteiger partial charge on any atom is 0.200 e. The summed E-state index contributed by atoms with van der Waals surface area (Å²) in [5, 5.41) is 35.0. The number of phenols is 3. The first-order valence-corrected chi connectivity index (χ1v) is 9.59. The van der Waals surface area contributed by atoms with Crippen LogP contribution in [-0.4, -0.2) is 33.7 Å². The minimum absolute atomic E-state index is 0.161. The molecular weight excluding hydrogens is 318 g/mol. The molecule has 3 aliphatic carbocycles. The van der Waals surface area contributed by atoms with Crippen LogP contribution in [0.25, 0.3) is 0 Å². The van der Waals surface area contributed by atoms with E-state index in [2.05, 4.69) is 5.32 Å². The number of carbonyl (C=O) groups excluding carboxylic acids is 1. The summed E-state index contributed by atoms with van der Waals surface area (Å²) in [5.41, 5.74) is 1.71. The summed E-state index contributed by atoms with van der Waals surface area (Å²) in [7, 11) is 0. The molecule has 25 heavy (non-hydrogen) atoms. The Morgan fingerprint density at radius 3 is 2.64 bits per heavy atom. The molecule has 1 heterocycles. The first-order chi connectivity index (χ1) is 12.0. The smallest absolute Gasteiger partial charge is 0.200 e. The van der Waals surface area contributed by atoms with Gasteiger partial charge in [-0.2, -0.15) is 0 Å². The van der Waals surface area contributed by atoms with Crippen molar-refractivity contribution in [3.63, 3.8) is 0 Å². The first kappa shape index (κ1) is 15.5. The minimum atomic E-state index is -0.589. The molecule has 1 aliphatic heterocycles. The van der Waals surface area contributed by atoms with Crippen molar-refractivity contribution in [3.8, 4) is 17.2 Å². The summed E-state index contributed by atoms with van der Waals surface area (Å²) in [6.07, 6.45) is 6.80. The maximum absolute atomic E-state index is 13.2. The van der Waals surface area contributed by atoms with Crippen LogP contribution in [0.2, 0.25) is 0 Å². The number of phenolic OH excluding ortho intramolecular Hbond substituents is 3. The lowest BCUT2D eigenvalue weighted by Gasteiger charge is -2.55. The fourth-order valence-electron chi connectivity index (χ4n) is 5.87. The molecule has 4 aliphatic rings. The Bertz CT molecular complexity index is 770. The fraction of sp³-hybridized carbons (Fsp3) is 0.650. The zero-order valence-corrected chi connectivity index (χ0v) is 14.3. The minimum Gasteiger partial charge on any atom is -0.504 e. The molecule has 1 saturated heterocycles. The van der Waals surface area contributed by atoms with Crippen LogP contribution in [0.15, 0.2) is 0 Å². The quantitative estimate of drug-likeness (QED) is 0.619. The van der Waals surface area contributed by atoms with Gasteiger partial charge in [-0.05, 0) is 68.9 Å². The van der Waals surface area contributed by atoms with Crippen LogP contribution in [0.5, 0.6) is 17.2 Å².